The summed E-state index contributed by atoms with van der Waals surface area (Å²) >= 11 is 0. The zero-order chi connectivity index (χ0) is 17.3. The molecule has 2 fully saturated rings. The van der Waals surface area contributed by atoms with Crippen molar-refractivity contribution in [3.8, 4) is 0 Å². The lowest BCUT2D eigenvalue weighted by molar-refractivity contribution is -0.117. The molecule has 0 radical (unpaired) electrons. The third kappa shape index (κ3) is 3.08. The molecule has 0 spiro atoms. The molecule has 2 aliphatic heterocycles. The molecular formula is C21H24N2O2. The molecule has 4 heteroatoms. The first-order valence-corrected chi connectivity index (χ1v) is 8.88. The van der Waals surface area contributed by atoms with E-state index in [0.717, 1.165) is 37.6 Å². The molecule has 2 saturated heterocycles. The van der Waals surface area contributed by atoms with E-state index in [1.54, 1.807) is 0 Å². The fourth-order valence-corrected chi connectivity index (χ4v) is 4.24. The number of fused-ring (bicyclic) bond motifs is 1. The maximum Gasteiger partial charge on any atom is 0.238 e. The Labute approximate surface area is 148 Å². The molecule has 2 aromatic carbocycles. The van der Waals surface area contributed by atoms with Crippen LogP contribution < -0.4 is 5.32 Å². The zero-order valence-electron chi connectivity index (χ0n) is 14.6. The molecule has 0 aromatic heterocycles. The average Bonchev–Trinajstić information content (AvgIpc) is 3.15. The number of para-hydroxylation sites is 1. The Balaban J connectivity index is 1.45. The quantitative estimate of drug-likeness (QED) is 0.933. The number of carbonyl (C=O) groups excluding carboxylic acids is 1. The van der Waals surface area contributed by atoms with Crippen molar-refractivity contribution >= 4 is 11.6 Å². The smallest absolute Gasteiger partial charge is 0.238 e. The summed E-state index contributed by atoms with van der Waals surface area (Å²) in [6.07, 6.45) is 0. The second kappa shape index (κ2) is 6.62. The van der Waals surface area contributed by atoms with Gasteiger partial charge in [-0.2, -0.15) is 0 Å². The Kier molecular flexibility index (Phi) is 4.32. The van der Waals surface area contributed by atoms with Crippen molar-refractivity contribution in [2.75, 3.05) is 38.2 Å². The van der Waals surface area contributed by atoms with Crippen LogP contribution in [0.25, 0.3) is 0 Å². The van der Waals surface area contributed by atoms with Crippen LogP contribution in [0, 0.1) is 12.8 Å². The minimum atomic E-state index is 0.0319. The Morgan fingerprint density at radius 3 is 2.76 bits per heavy atom. The van der Waals surface area contributed by atoms with Crippen molar-refractivity contribution in [1.29, 1.82) is 0 Å². The van der Waals surface area contributed by atoms with Gasteiger partial charge >= 0.3 is 0 Å². The molecule has 2 aromatic rings. The minimum Gasteiger partial charge on any atom is -0.380 e. The lowest BCUT2D eigenvalue weighted by Gasteiger charge is -2.28. The molecule has 0 aliphatic carbocycles. The van der Waals surface area contributed by atoms with E-state index in [2.05, 4.69) is 34.5 Å². The Morgan fingerprint density at radius 2 is 1.96 bits per heavy atom. The molecule has 4 nitrogen and oxygen atoms in total. The number of nitrogens with one attached hydrogen (secondary N) is 1. The summed E-state index contributed by atoms with van der Waals surface area (Å²) in [5.74, 6) is 0.513. The Bertz CT molecular complexity index is 762. The van der Waals surface area contributed by atoms with Crippen LogP contribution in [0.3, 0.4) is 0 Å². The van der Waals surface area contributed by atoms with Crippen LogP contribution in [0.2, 0.25) is 0 Å². The van der Waals surface area contributed by atoms with Crippen molar-refractivity contribution in [3.63, 3.8) is 0 Å². The highest BCUT2D eigenvalue weighted by Crippen LogP contribution is 2.43. The van der Waals surface area contributed by atoms with Gasteiger partial charge in [0.1, 0.15) is 0 Å². The van der Waals surface area contributed by atoms with Crippen molar-refractivity contribution in [2.45, 2.75) is 12.3 Å². The first kappa shape index (κ1) is 16.3. The number of rotatable bonds is 4. The third-order valence-electron chi connectivity index (χ3n) is 5.58. The second-order valence-corrected chi connectivity index (χ2v) is 7.27. The van der Waals surface area contributed by atoms with Crippen molar-refractivity contribution < 1.29 is 9.53 Å². The average molecular weight is 336 g/mol. The number of anilines is 1. The summed E-state index contributed by atoms with van der Waals surface area (Å²) in [6, 6.07) is 18.5. The third-order valence-corrected chi connectivity index (χ3v) is 5.58. The van der Waals surface area contributed by atoms with Gasteiger partial charge in [-0.1, -0.05) is 48.5 Å². The lowest BCUT2D eigenvalue weighted by atomic mass is 9.75. The van der Waals surface area contributed by atoms with Gasteiger partial charge in [0.25, 0.3) is 0 Å². The fraction of sp³-hybridized carbons (Fsp3) is 0.381. The molecule has 0 saturated carbocycles. The molecule has 1 N–H and O–H groups in total. The molecule has 1 amide bonds. The maximum absolute atomic E-state index is 12.5. The molecule has 130 valence electrons. The van der Waals surface area contributed by atoms with E-state index in [4.69, 9.17) is 4.74 Å². The maximum atomic E-state index is 12.5. The number of nitrogens with zero attached hydrogens (tertiary/aromatic N) is 1. The molecular weight excluding hydrogens is 312 g/mol. The van der Waals surface area contributed by atoms with Gasteiger partial charge in [-0.3, -0.25) is 9.69 Å². The predicted octanol–water partition coefficient (Wildman–Crippen LogP) is 2.83. The van der Waals surface area contributed by atoms with E-state index in [-0.39, 0.29) is 11.3 Å². The van der Waals surface area contributed by atoms with Crippen LogP contribution in [0.15, 0.2) is 54.6 Å². The van der Waals surface area contributed by atoms with Gasteiger partial charge < -0.3 is 10.1 Å². The van der Waals surface area contributed by atoms with E-state index >= 15 is 0 Å². The summed E-state index contributed by atoms with van der Waals surface area (Å²) in [5.41, 5.74) is 3.35. The van der Waals surface area contributed by atoms with E-state index in [0.29, 0.717) is 12.5 Å². The van der Waals surface area contributed by atoms with E-state index in [1.165, 1.54) is 5.56 Å². The standard InChI is InChI=1S/C21H24N2O2/c1-16-7-5-6-10-19(16)22-20(24)12-23-11-18-13-25-15-21(18,14-23)17-8-3-2-4-9-17/h2-10,18H,11-15H2,1H3,(H,22,24)/t18-,21+/m1/s1. The minimum absolute atomic E-state index is 0.0319. The van der Waals surface area contributed by atoms with Gasteiger partial charge in [-0.05, 0) is 24.1 Å². The van der Waals surface area contributed by atoms with Crippen molar-refractivity contribution in [3.05, 3.63) is 65.7 Å². The van der Waals surface area contributed by atoms with Gasteiger partial charge in [0.15, 0.2) is 0 Å². The van der Waals surface area contributed by atoms with Crippen molar-refractivity contribution in [2.24, 2.45) is 5.92 Å². The van der Waals surface area contributed by atoms with Gasteiger partial charge in [0.2, 0.25) is 5.91 Å². The van der Waals surface area contributed by atoms with Gasteiger partial charge in [-0.25, -0.2) is 0 Å². The largest absolute Gasteiger partial charge is 0.380 e. The number of amides is 1. The zero-order valence-corrected chi connectivity index (χ0v) is 14.6. The van der Waals surface area contributed by atoms with Crippen LogP contribution in [0.5, 0.6) is 0 Å². The molecule has 2 heterocycles. The molecule has 0 bridgehead atoms. The summed E-state index contributed by atoms with van der Waals surface area (Å²) < 4.78 is 5.81. The number of benzene rings is 2. The first-order chi connectivity index (χ1) is 12.2. The summed E-state index contributed by atoms with van der Waals surface area (Å²) in [6.45, 7) is 5.76. The first-order valence-electron chi connectivity index (χ1n) is 8.88. The molecule has 0 unspecified atom stereocenters. The highest BCUT2D eigenvalue weighted by Gasteiger charge is 2.51. The summed E-state index contributed by atoms with van der Waals surface area (Å²) in [4.78, 5) is 14.8. The molecule has 2 atom stereocenters. The normalized spacial score (nSPS) is 25.7. The Hall–Kier alpha value is -2.17. The lowest BCUT2D eigenvalue weighted by Crippen LogP contribution is -2.37. The SMILES string of the molecule is Cc1ccccc1NC(=O)CN1C[C@@H]2COC[C@]2(c2ccccc2)C1. The van der Waals surface area contributed by atoms with Crippen LogP contribution in [0.4, 0.5) is 5.69 Å². The number of aryl methyl sites for hydroxylation is 1. The van der Waals surface area contributed by atoms with Crippen molar-refractivity contribution in [1.82, 2.24) is 4.90 Å². The molecule has 4 rings (SSSR count). The van der Waals surface area contributed by atoms with E-state index in [9.17, 15) is 4.79 Å². The Morgan fingerprint density at radius 1 is 1.20 bits per heavy atom. The topological polar surface area (TPSA) is 41.6 Å². The van der Waals surface area contributed by atoms with Crippen LogP contribution >= 0.6 is 0 Å². The summed E-state index contributed by atoms with van der Waals surface area (Å²) in [5, 5.41) is 3.04. The van der Waals surface area contributed by atoms with Gasteiger partial charge in [-0.15, -0.1) is 0 Å². The van der Waals surface area contributed by atoms with Crippen LogP contribution in [0.1, 0.15) is 11.1 Å². The monoisotopic (exact) mass is 336 g/mol. The van der Waals surface area contributed by atoms with Crippen LogP contribution in [-0.2, 0) is 14.9 Å². The van der Waals surface area contributed by atoms with Gasteiger partial charge in [0, 0.05) is 30.1 Å². The number of hydrogen-bond acceptors (Lipinski definition) is 3. The second-order valence-electron chi connectivity index (χ2n) is 7.27. The molecule has 25 heavy (non-hydrogen) atoms. The fourth-order valence-electron chi connectivity index (χ4n) is 4.24. The highest BCUT2D eigenvalue weighted by molar-refractivity contribution is 5.93. The number of carbonyl (C=O) groups is 1. The summed E-state index contributed by atoms with van der Waals surface area (Å²) in [7, 11) is 0. The van der Waals surface area contributed by atoms with E-state index < -0.39 is 0 Å². The number of ether oxygens (including phenoxy) is 1. The highest BCUT2D eigenvalue weighted by atomic mass is 16.5. The van der Waals surface area contributed by atoms with Gasteiger partial charge in [0.05, 0.1) is 19.8 Å². The predicted molar refractivity (Wildman–Crippen MR) is 98.7 cm³/mol. The van der Waals surface area contributed by atoms with E-state index in [1.807, 2.05) is 37.3 Å². The molecule has 2 aliphatic rings. The number of likely N-dealkylation sites (tertiary alicyclic amines) is 1. The van der Waals surface area contributed by atoms with Crippen LogP contribution in [-0.4, -0.2) is 43.7 Å². The number of hydrogen-bond donors (Lipinski definition) is 1.